The predicted molar refractivity (Wildman–Crippen MR) is 52.0 cm³/mol. The van der Waals surface area contributed by atoms with Gasteiger partial charge in [-0.2, -0.15) is 4.98 Å². The van der Waals surface area contributed by atoms with Gasteiger partial charge in [0.25, 0.3) is 0 Å². The van der Waals surface area contributed by atoms with Gasteiger partial charge in [0.15, 0.2) is 5.88 Å². The lowest BCUT2D eigenvalue weighted by atomic mass is 10.1. The molecule has 1 aromatic carbocycles. The summed E-state index contributed by atoms with van der Waals surface area (Å²) < 4.78 is 7.55. The largest absolute Gasteiger partial charge is 0.494 e. The predicted octanol–water partition coefficient (Wildman–Crippen LogP) is 1.14. The van der Waals surface area contributed by atoms with E-state index in [0.717, 1.165) is 0 Å². The Labute approximate surface area is 81.3 Å². The Balaban J connectivity index is 2.68. The third-order valence-corrected chi connectivity index (χ3v) is 1.72. The normalized spacial score (nSPS) is 11.0. The van der Waals surface area contributed by atoms with Crippen LogP contribution in [0.15, 0.2) is 41.2 Å². The van der Waals surface area contributed by atoms with Crippen molar-refractivity contribution in [2.75, 3.05) is 0 Å². The van der Waals surface area contributed by atoms with Crippen molar-refractivity contribution in [2.24, 2.45) is 0 Å². The Kier molecular flexibility index (Phi) is 1.74. The fourth-order valence-corrected chi connectivity index (χ4v) is 1.13. The molecule has 4 heteroatoms. The van der Waals surface area contributed by atoms with E-state index in [4.69, 9.17) is 1.37 Å². The summed E-state index contributed by atoms with van der Waals surface area (Å²) in [5, 5.41) is 9.26. The topological polar surface area (TPSA) is 66.0 Å². The van der Waals surface area contributed by atoms with Crippen molar-refractivity contribution in [1.82, 2.24) is 9.97 Å². The molecule has 2 rings (SSSR count). The molecule has 0 unspecified atom stereocenters. The fraction of sp³-hybridized carbons (Fsp3) is 0. The standard InChI is InChI=1S/C10H8N2O2/c13-9-6-8(11-10(14)12-9)7-4-2-1-3-5-7/h1-6H,(H2,11,12,13,14)/i6D. The number of H-pyrrole nitrogens is 1. The van der Waals surface area contributed by atoms with Gasteiger partial charge < -0.3 is 5.11 Å². The summed E-state index contributed by atoms with van der Waals surface area (Å²) in [4.78, 5) is 16.7. The Hall–Kier alpha value is -2.10. The lowest BCUT2D eigenvalue weighted by Crippen LogP contribution is -2.09. The molecule has 1 heterocycles. The third-order valence-electron chi connectivity index (χ3n) is 1.72. The van der Waals surface area contributed by atoms with E-state index in [9.17, 15) is 9.90 Å². The number of nitrogens with one attached hydrogen (secondary N) is 1. The van der Waals surface area contributed by atoms with Crippen LogP contribution in [0, 0.1) is 0 Å². The van der Waals surface area contributed by atoms with Crippen LogP contribution in [-0.2, 0) is 0 Å². The lowest BCUT2D eigenvalue weighted by molar-refractivity contribution is 0.450. The summed E-state index contributed by atoms with van der Waals surface area (Å²) in [5.74, 6) is -0.464. The summed E-state index contributed by atoms with van der Waals surface area (Å²) in [5.41, 5.74) is 0.142. The molecule has 0 saturated carbocycles. The fourth-order valence-electron chi connectivity index (χ4n) is 1.13. The summed E-state index contributed by atoms with van der Waals surface area (Å²) >= 11 is 0. The molecule has 0 amide bonds. The van der Waals surface area contributed by atoms with Crippen LogP contribution < -0.4 is 5.69 Å². The van der Waals surface area contributed by atoms with Crippen LogP contribution in [0.5, 0.6) is 5.88 Å². The maximum Gasteiger partial charge on any atom is 0.348 e. The zero-order chi connectivity index (χ0) is 10.8. The number of hydrogen-bond donors (Lipinski definition) is 2. The number of rotatable bonds is 1. The molecule has 4 nitrogen and oxygen atoms in total. The van der Waals surface area contributed by atoms with Gasteiger partial charge >= 0.3 is 5.69 Å². The van der Waals surface area contributed by atoms with E-state index in [1.54, 1.807) is 24.3 Å². The molecule has 0 saturated heterocycles. The van der Waals surface area contributed by atoms with Crippen molar-refractivity contribution in [2.45, 2.75) is 0 Å². The van der Waals surface area contributed by atoms with Crippen molar-refractivity contribution >= 4 is 0 Å². The first kappa shape index (κ1) is 7.32. The molecule has 0 aliphatic carbocycles. The molecule has 2 aromatic rings. The highest BCUT2D eigenvalue weighted by atomic mass is 16.3. The molecule has 14 heavy (non-hydrogen) atoms. The maximum absolute atomic E-state index is 11.0. The molecule has 0 spiro atoms. The van der Waals surface area contributed by atoms with Gasteiger partial charge in [-0.15, -0.1) is 0 Å². The van der Waals surface area contributed by atoms with Gasteiger partial charge in [0.2, 0.25) is 0 Å². The lowest BCUT2D eigenvalue weighted by Gasteiger charge is -1.99. The van der Waals surface area contributed by atoms with Crippen LogP contribution in [0.3, 0.4) is 0 Å². The summed E-state index contributed by atoms with van der Waals surface area (Å²) in [6.07, 6.45) is 0. The van der Waals surface area contributed by atoms with Gasteiger partial charge in [-0.1, -0.05) is 30.3 Å². The van der Waals surface area contributed by atoms with E-state index in [-0.39, 0.29) is 11.7 Å². The van der Waals surface area contributed by atoms with Crippen molar-refractivity contribution in [3.8, 4) is 17.1 Å². The van der Waals surface area contributed by atoms with Crippen molar-refractivity contribution in [1.29, 1.82) is 0 Å². The molecule has 2 N–H and O–H groups in total. The Bertz CT molecular complexity index is 537. The molecule has 1 aromatic heterocycles. The molecular weight excluding hydrogens is 180 g/mol. The zero-order valence-electron chi connectivity index (χ0n) is 8.19. The molecule has 0 aliphatic rings. The van der Waals surface area contributed by atoms with Crippen LogP contribution in [0.2, 0.25) is 0 Å². The van der Waals surface area contributed by atoms with E-state index in [1.807, 2.05) is 11.1 Å². The second-order valence-electron chi connectivity index (χ2n) is 2.73. The summed E-state index contributed by atoms with van der Waals surface area (Å²) in [6.45, 7) is 0. The molecule has 0 atom stereocenters. The van der Waals surface area contributed by atoms with E-state index in [1.165, 1.54) is 0 Å². The minimum atomic E-state index is -0.664. The monoisotopic (exact) mass is 189 g/mol. The molecule has 0 fully saturated rings. The van der Waals surface area contributed by atoms with Crippen LogP contribution >= 0.6 is 0 Å². The van der Waals surface area contributed by atoms with Gasteiger partial charge in [-0.3, -0.25) is 4.98 Å². The number of aromatic amines is 1. The van der Waals surface area contributed by atoms with E-state index in [0.29, 0.717) is 5.56 Å². The Morgan fingerprint density at radius 1 is 1.36 bits per heavy atom. The van der Waals surface area contributed by atoms with Crippen molar-refractivity contribution in [3.05, 3.63) is 46.9 Å². The second kappa shape index (κ2) is 3.33. The quantitative estimate of drug-likeness (QED) is 0.707. The van der Waals surface area contributed by atoms with Gasteiger partial charge in [0, 0.05) is 11.6 Å². The number of benzene rings is 1. The van der Waals surface area contributed by atoms with Gasteiger partial charge in [-0.05, 0) is 0 Å². The second-order valence-corrected chi connectivity index (χ2v) is 2.73. The van der Waals surface area contributed by atoms with Gasteiger partial charge in [0.05, 0.1) is 7.06 Å². The van der Waals surface area contributed by atoms with Gasteiger partial charge in [0.1, 0.15) is 0 Å². The van der Waals surface area contributed by atoms with Crippen LogP contribution in [0.25, 0.3) is 11.3 Å². The van der Waals surface area contributed by atoms with Crippen LogP contribution in [0.1, 0.15) is 1.37 Å². The molecule has 70 valence electrons. The highest BCUT2D eigenvalue weighted by Crippen LogP contribution is 2.16. The summed E-state index contributed by atoms with van der Waals surface area (Å²) in [6, 6.07) is 8.63. The first-order valence-electron chi connectivity index (χ1n) is 4.54. The smallest absolute Gasteiger partial charge is 0.348 e. The zero-order valence-corrected chi connectivity index (χ0v) is 7.19. The number of hydrogen-bond acceptors (Lipinski definition) is 3. The first-order chi connectivity index (χ1) is 7.18. The SMILES string of the molecule is [2H]c1c(-c2ccccc2)nc(=O)[nH]c1O. The Morgan fingerprint density at radius 3 is 2.79 bits per heavy atom. The maximum atomic E-state index is 11.0. The highest BCUT2D eigenvalue weighted by Gasteiger charge is 2.01. The van der Waals surface area contributed by atoms with Crippen molar-refractivity contribution < 1.29 is 6.48 Å². The average molecular weight is 189 g/mol. The van der Waals surface area contributed by atoms with E-state index >= 15 is 0 Å². The highest BCUT2D eigenvalue weighted by molar-refractivity contribution is 5.59. The molecule has 0 radical (unpaired) electrons. The van der Waals surface area contributed by atoms with Crippen LogP contribution in [0.4, 0.5) is 0 Å². The number of aromatic nitrogens is 2. The first-order valence-corrected chi connectivity index (χ1v) is 4.04. The third kappa shape index (κ3) is 1.64. The van der Waals surface area contributed by atoms with Gasteiger partial charge in [-0.25, -0.2) is 4.79 Å². The van der Waals surface area contributed by atoms with E-state index in [2.05, 4.69) is 4.98 Å². The Morgan fingerprint density at radius 2 is 2.07 bits per heavy atom. The van der Waals surface area contributed by atoms with E-state index < -0.39 is 11.6 Å². The van der Waals surface area contributed by atoms with Crippen LogP contribution in [-0.4, -0.2) is 15.1 Å². The summed E-state index contributed by atoms with van der Waals surface area (Å²) in [7, 11) is 0. The minimum absolute atomic E-state index is 0.178. The molecular formula is C10H8N2O2. The number of aromatic hydroxyl groups is 1. The number of nitrogens with zero attached hydrogens (tertiary/aromatic N) is 1. The molecule has 0 aliphatic heterocycles. The van der Waals surface area contributed by atoms with Crippen molar-refractivity contribution in [3.63, 3.8) is 0 Å². The minimum Gasteiger partial charge on any atom is -0.494 e. The molecule has 0 bridgehead atoms. The average Bonchev–Trinajstić information content (AvgIpc) is 2.24.